The Balaban J connectivity index is 1.82. The van der Waals surface area contributed by atoms with Gasteiger partial charge in [0.1, 0.15) is 0 Å². The van der Waals surface area contributed by atoms with E-state index in [2.05, 4.69) is 25.2 Å². The Morgan fingerprint density at radius 1 is 1.21 bits per heavy atom. The van der Waals surface area contributed by atoms with Crippen LogP contribution in [0.4, 0.5) is 0 Å². The van der Waals surface area contributed by atoms with Gasteiger partial charge in [-0.1, -0.05) is 43.1 Å². The summed E-state index contributed by atoms with van der Waals surface area (Å²) in [6.45, 7) is 6.76. The number of hydrogen-bond acceptors (Lipinski definition) is 1. The molecule has 1 aliphatic rings. The van der Waals surface area contributed by atoms with Crippen LogP contribution in [0.2, 0.25) is 10.0 Å². The van der Waals surface area contributed by atoms with Crippen LogP contribution in [0.15, 0.2) is 18.2 Å². The number of benzene rings is 1. The molecule has 0 aliphatic heterocycles. The number of halogens is 2. The monoisotopic (exact) mass is 299 g/mol. The summed E-state index contributed by atoms with van der Waals surface area (Å²) in [5.41, 5.74) is 1.24. The summed E-state index contributed by atoms with van der Waals surface area (Å²) in [5.74, 6) is 2.31. The highest BCUT2D eigenvalue weighted by molar-refractivity contribution is 6.35. The van der Waals surface area contributed by atoms with Crippen molar-refractivity contribution in [3.63, 3.8) is 0 Å². The predicted molar refractivity (Wildman–Crippen MR) is 84.1 cm³/mol. The van der Waals surface area contributed by atoms with Gasteiger partial charge in [-0.3, -0.25) is 0 Å². The molecule has 2 unspecified atom stereocenters. The summed E-state index contributed by atoms with van der Waals surface area (Å²) < 4.78 is 0. The Labute approximate surface area is 126 Å². The molecule has 0 spiro atoms. The first-order chi connectivity index (χ1) is 9.06. The fourth-order valence-electron chi connectivity index (χ4n) is 2.70. The average molecular weight is 300 g/mol. The third kappa shape index (κ3) is 4.37. The number of hydrogen-bond donors (Lipinski definition) is 1. The summed E-state index contributed by atoms with van der Waals surface area (Å²) in [7, 11) is 0. The highest BCUT2D eigenvalue weighted by Crippen LogP contribution is 2.37. The topological polar surface area (TPSA) is 12.0 Å². The van der Waals surface area contributed by atoms with Crippen molar-refractivity contribution in [2.75, 3.05) is 13.1 Å². The normalized spacial score (nSPS) is 22.6. The fourth-order valence-corrected chi connectivity index (χ4v) is 3.19. The maximum atomic E-state index is 6.25. The molecular weight excluding hydrogens is 277 g/mol. The molecule has 3 heteroatoms. The van der Waals surface area contributed by atoms with Crippen LogP contribution in [0, 0.1) is 17.8 Å². The van der Waals surface area contributed by atoms with Crippen molar-refractivity contribution >= 4 is 23.2 Å². The minimum atomic E-state index is 0.720. The standard InChI is InChI=1S/C16H23Cl2N/c1-11(2)9-19-10-14-4-3-12(14)7-13-5-6-15(17)8-16(13)18/h5-6,8,11-12,14,19H,3-4,7,9-10H2,1-2H3. The van der Waals surface area contributed by atoms with Gasteiger partial charge < -0.3 is 5.32 Å². The molecule has 1 aliphatic carbocycles. The Morgan fingerprint density at radius 3 is 2.53 bits per heavy atom. The molecule has 1 fully saturated rings. The van der Waals surface area contributed by atoms with E-state index in [0.29, 0.717) is 0 Å². The highest BCUT2D eigenvalue weighted by atomic mass is 35.5. The molecular formula is C16H23Cl2N. The highest BCUT2D eigenvalue weighted by Gasteiger charge is 2.30. The second-order valence-electron chi connectivity index (χ2n) is 6.09. The zero-order valence-corrected chi connectivity index (χ0v) is 13.3. The molecule has 2 atom stereocenters. The molecule has 0 amide bonds. The second-order valence-corrected chi connectivity index (χ2v) is 6.93. The van der Waals surface area contributed by atoms with Crippen molar-refractivity contribution in [2.24, 2.45) is 17.8 Å². The summed E-state index contributed by atoms with van der Waals surface area (Å²) in [6.07, 6.45) is 3.76. The zero-order chi connectivity index (χ0) is 13.8. The first kappa shape index (κ1) is 15.2. The van der Waals surface area contributed by atoms with Crippen LogP contribution in [-0.4, -0.2) is 13.1 Å². The van der Waals surface area contributed by atoms with Gasteiger partial charge in [0, 0.05) is 10.0 Å². The number of rotatable bonds is 6. The van der Waals surface area contributed by atoms with Crippen molar-refractivity contribution in [2.45, 2.75) is 33.1 Å². The van der Waals surface area contributed by atoms with Crippen LogP contribution in [0.3, 0.4) is 0 Å². The summed E-state index contributed by atoms with van der Waals surface area (Å²) >= 11 is 12.2. The maximum Gasteiger partial charge on any atom is 0.0452 e. The van der Waals surface area contributed by atoms with Crippen molar-refractivity contribution < 1.29 is 0 Å². The molecule has 1 saturated carbocycles. The Bertz CT molecular complexity index is 417. The lowest BCUT2D eigenvalue weighted by Gasteiger charge is -2.37. The van der Waals surface area contributed by atoms with Crippen LogP contribution in [0.1, 0.15) is 32.3 Å². The van der Waals surface area contributed by atoms with Gasteiger partial charge in [0.05, 0.1) is 0 Å². The van der Waals surface area contributed by atoms with Gasteiger partial charge in [-0.25, -0.2) is 0 Å². The zero-order valence-electron chi connectivity index (χ0n) is 11.8. The van der Waals surface area contributed by atoms with Gasteiger partial charge >= 0.3 is 0 Å². The van der Waals surface area contributed by atoms with E-state index >= 15 is 0 Å². The quantitative estimate of drug-likeness (QED) is 0.795. The second kappa shape index (κ2) is 6.97. The van der Waals surface area contributed by atoms with Crippen molar-refractivity contribution in [3.05, 3.63) is 33.8 Å². The van der Waals surface area contributed by atoms with Crippen molar-refractivity contribution in [1.82, 2.24) is 5.32 Å². The van der Waals surface area contributed by atoms with Gasteiger partial charge in [0.25, 0.3) is 0 Å². The molecule has 1 nitrogen and oxygen atoms in total. The van der Waals surface area contributed by atoms with Crippen LogP contribution in [0.5, 0.6) is 0 Å². The van der Waals surface area contributed by atoms with E-state index in [0.717, 1.165) is 47.3 Å². The molecule has 0 bridgehead atoms. The van der Waals surface area contributed by atoms with Crippen molar-refractivity contribution in [1.29, 1.82) is 0 Å². The summed E-state index contributed by atoms with van der Waals surface area (Å²) in [4.78, 5) is 0. The lowest BCUT2D eigenvalue weighted by molar-refractivity contribution is 0.169. The first-order valence-electron chi connectivity index (χ1n) is 7.21. The number of nitrogens with one attached hydrogen (secondary N) is 1. The van der Waals surface area contributed by atoms with E-state index in [1.165, 1.54) is 18.4 Å². The minimum absolute atomic E-state index is 0.720. The lowest BCUT2D eigenvalue weighted by Crippen LogP contribution is -2.37. The molecule has 0 aromatic heterocycles. The van der Waals surface area contributed by atoms with Crippen LogP contribution in [-0.2, 0) is 6.42 Å². The minimum Gasteiger partial charge on any atom is -0.316 e. The van der Waals surface area contributed by atoms with E-state index in [-0.39, 0.29) is 0 Å². The summed E-state index contributed by atoms with van der Waals surface area (Å²) in [6, 6.07) is 5.86. The van der Waals surface area contributed by atoms with Gasteiger partial charge in [0.2, 0.25) is 0 Å². The smallest absolute Gasteiger partial charge is 0.0452 e. The van der Waals surface area contributed by atoms with E-state index in [4.69, 9.17) is 23.2 Å². The molecule has 0 heterocycles. The van der Waals surface area contributed by atoms with E-state index in [9.17, 15) is 0 Å². The van der Waals surface area contributed by atoms with E-state index in [1.54, 1.807) is 0 Å². The largest absolute Gasteiger partial charge is 0.316 e. The van der Waals surface area contributed by atoms with E-state index in [1.807, 2.05) is 12.1 Å². The maximum absolute atomic E-state index is 6.25. The molecule has 1 aromatic rings. The third-order valence-corrected chi connectivity index (χ3v) is 4.62. The fraction of sp³-hybridized carbons (Fsp3) is 0.625. The lowest BCUT2D eigenvalue weighted by atomic mass is 9.70. The van der Waals surface area contributed by atoms with Crippen LogP contribution in [0.25, 0.3) is 0 Å². The van der Waals surface area contributed by atoms with Crippen molar-refractivity contribution in [3.8, 4) is 0 Å². The summed E-state index contributed by atoms with van der Waals surface area (Å²) in [5, 5.41) is 5.11. The van der Waals surface area contributed by atoms with Gasteiger partial charge in [-0.05, 0) is 67.8 Å². The third-order valence-electron chi connectivity index (χ3n) is 4.03. The Hall–Kier alpha value is -0.240. The molecule has 2 rings (SSSR count). The SMILES string of the molecule is CC(C)CNCC1CCC1Cc1ccc(Cl)cc1Cl. The average Bonchev–Trinajstić information content (AvgIpc) is 2.32. The molecule has 0 radical (unpaired) electrons. The predicted octanol–water partition coefficient (Wildman–Crippen LogP) is 4.81. The Morgan fingerprint density at radius 2 is 1.95 bits per heavy atom. The molecule has 19 heavy (non-hydrogen) atoms. The first-order valence-corrected chi connectivity index (χ1v) is 7.96. The molecule has 0 saturated heterocycles. The van der Waals surface area contributed by atoms with Gasteiger partial charge in [-0.15, -0.1) is 0 Å². The van der Waals surface area contributed by atoms with E-state index < -0.39 is 0 Å². The Kier molecular flexibility index (Phi) is 5.56. The molecule has 1 N–H and O–H groups in total. The van der Waals surface area contributed by atoms with Gasteiger partial charge in [-0.2, -0.15) is 0 Å². The molecule has 1 aromatic carbocycles. The van der Waals surface area contributed by atoms with Crippen LogP contribution < -0.4 is 5.32 Å². The molecule has 106 valence electrons. The van der Waals surface area contributed by atoms with Crippen LogP contribution >= 0.6 is 23.2 Å². The van der Waals surface area contributed by atoms with Gasteiger partial charge in [0.15, 0.2) is 0 Å².